The first-order chi connectivity index (χ1) is 8.60. The smallest absolute Gasteiger partial charge is 0.125 e. The van der Waals surface area contributed by atoms with E-state index in [0.29, 0.717) is 0 Å². The molecule has 18 heavy (non-hydrogen) atoms. The van der Waals surface area contributed by atoms with Crippen molar-refractivity contribution in [2.24, 2.45) is 12.8 Å². The first-order valence-corrected chi connectivity index (χ1v) is 6.17. The molecule has 0 aliphatic heterocycles. The van der Waals surface area contributed by atoms with Crippen molar-refractivity contribution in [3.8, 4) is 0 Å². The molecule has 0 fully saturated rings. The van der Waals surface area contributed by atoms with E-state index in [-0.39, 0.29) is 6.04 Å². The van der Waals surface area contributed by atoms with Crippen LogP contribution in [0.15, 0.2) is 18.3 Å². The Hall–Kier alpha value is -1.75. The van der Waals surface area contributed by atoms with Crippen molar-refractivity contribution in [3.05, 3.63) is 41.2 Å². The summed E-state index contributed by atoms with van der Waals surface area (Å²) in [7, 11) is 1.95. The molecule has 0 spiro atoms. The Morgan fingerprint density at radius 3 is 2.83 bits per heavy atom. The summed E-state index contributed by atoms with van der Waals surface area (Å²) in [5, 5.41) is 4.42. The zero-order valence-corrected chi connectivity index (χ0v) is 11.1. The van der Waals surface area contributed by atoms with Gasteiger partial charge in [0.2, 0.25) is 0 Å². The number of nitrogens with zero attached hydrogens (tertiary/aromatic N) is 4. The number of hydrogen-bond acceptors (Lipinski definition) is 4. The maximum Gasteiger partial charge on any atom is 0.125 e. The fraction of sp³-hybridized carbons (Fsp3) is 0.462. The van der Waals surface area contributed by atoms with Crippen molar-refractivity contribution < 1.29 is 0 Å². The van der Waals surface area contributed by atoms with E-state index in [2.05, 4.69) is 28.1 Å². The zero-order valence-electron chi connectivity index (χ0n) is 11.1. The van der Waals surface area contributed by atoms with E-state index in [4.69, 9.17) is 5.73 Å². The number of aryl methyl sites for hydroxylation is 3. The predicted octanol–water partition coefficient (Wildman–Crippen LogP) is 1.32. The summed E-state index contributed by atoms with van der Waals surface area (Å²) in [5.74, 6) is 0.752. The molecule has 2 aromatic heterocycles. The molecule has 1 unspecified atom stereocenters. The lowest BCUT2D eigenvalue weighted by atomic mass is 10.1. The minimum atomic E-state index is -0.119. The quantitative estimate of drug-likeness (QED) is 0.882. The first-order valence-electron chi connectivity index (χ1n) is 6.17. The van der Waals surface area contributed by atoms with Crippen molar-refractivity contribution in [2.75, 3.05) is 0 Å². The molecule has 0 saturated carbocycles. The third-order valence-corrected chi connectivity index (χ3v) is 3.00. The van der Waals surface area contributed by atoms with E-state index in [1.54, 1.807) is 6.20 Å². The second-order valence-corrected chi connectivity index (χ2v) is 4.44. The van der Waals surface area contributed by atoms with Crippen LogP contribution in [0.2, 0.25) is 0 Å². The Bertz CT molecular complexity index is 532. The van der Waals surface area contributed by atoms with Gasteiger partial charge in [-0.15, -0.1) is 0 Å². The lowest BCUT2D eigenvalue weighted by Crippen LogP contribution is -2.17. The van der Waals surface area contributed by atoms with Crippen molar-refractivity contribution in [1.82, 2.24) is 19.7 Å². The van der Waals surface area contributed by atoms with Gasteiger partial charge in [0, 0.05) is 25.4 Å². The second-order valence-electron chi connectivity index (χ2n) is 4.44. The summed E-state index contributed by atoms with van der Waals surface area (Å²) in [6, 6.07) is 3.86. The average molecular weight is 245 g/mol. The lowest BCUT2D eigenvalue weighted by molar-refractivity contribution is 0.624. The molecule has 0 aromatic carbocycles. The SMILES string of the molecule is CCc1cc(CC(N)c2ccnc(C)n2)n(C)n1. The minimum absolute atomic E-state index is 0.119. The molecule has 2 aromatic rings. The summed E-state index contributed by atoms with van der Waals surface area (Å²) in [6.07, 6.45) is 3.42. The average Bonchev–Trinajstić information content (AvgIpc) is 2.70. The van der Waals surface area contributed by atoms with Gasteiger partial charge in [-0.2, -0.15) is 5.10 Å². The van der Waals surface area contributed by atoms with Gasteiger partial charge >= 0.3 is 0 Å². The third kappa shape index (κ3) is 2.73. The topological polar surface area (TPSA) is 69.6 Å². The normalized spacial score (nSPS) is 12.7. The van der Waals surface area contributed by atoms with Crippen molar-refractivity contribution >= 4 is 0 Å². The van der Waals surface area contributed by atoms with E-state index < -0.39 is 0 Å². The van der Waals surface area contributed by atoms with Crippen LogP contribution in [0.1, 0.15) is 35.9 Å². The monoisotopic (exact) mass is 245 g/mol. The van der Waals surface area contributed by atoms with Crippen LogP contribution < -0.4 is 5.73 Å². The molecule has 0 amide bonds. The van der Waals surface area contributed by atoms with Crippen molar-refractivity contribution in [2.45, 2.75) is 32.7 Å². The van der Waals surface area contributed by atoms with E-state index in [9.17, 15) is 0 Å². The Kier molecular flexibility index (Phi) is 3.72. The van der Waals surface area contributed by atoms with E-state index in [1.807, 2.05) is 24.7 Å². The van der Waals surface area contributed by atoms with Crippen LogP contribution >= 0.6 is 0 Å². The molecule has 1 atom stereocenters. The van der Waals surface area contributed by atoms with Gasteiger partial charge in [-0.1, -0.05) is 6.92 Å². The van der Waals surface area contributed by atoms with Gasteiger partial charge in [0.05, 0.1) is 17.4 Å². The molecule has 2 N–H and O–H groups in total. The molecule has 2 heterocycles. The molecule has 96 valence electrons. The molecule has 0 aliphatic rings. The van der Waals surface area contributed by atoms with Gasteiger partial charge in [-0.3, -0.25) is 4.68 Å². The van der Waals surface area contributed by atoms with Gasteiger partial charge < -0.3 is 5.73 Å². The zero-order chi connectivity index (χ0) is 13.1. The Morgan fingerprint density at radius 1 is 1.44 bits per heavy atom. The van der Waals surface area contributed by atoms with Gasteiger partial charge in [0.1, 0.15) is 5.82 Å². The maximum absolute atomic E-state index is 6.18. The highest BCUT2D eigenvalue weighted by Gasteiger charge is 2.12. The van der Waals surface area contributed by atoms with Gasteiger partial charge in [0.15, 0.2) is 0 Å². The molecule has 0 saturated heterocycles. The summed E-state index contributed by atoms with van der Waals surface area (Å²) < 4.78 is 1.90. The summed E-state index contributed by atoms with van der Waals surface area (Å²) in [4.78, 5) is 8.44. The molecular weight excluding hydrogens is 226 g/mol. The van der Waals surface area contributed by atoms with Gasteiger partial charge in [-0.05, 0) is 25.5 Å². The number of nitrogens with two attached hydrogens (primary N) is 1. The number of hydrogen-bond donors (Lipinski definition) is 1. The molecule has 0 aliphatic carbocycles. The van der Waals surface area contributed by atoms with Gasteiger partial charge in [0.25, 0.3) is 0 Å². The molecular formula is C13H19N5. The Balaban J connectivity index is 2.15. The first kappa shape index (κ1) is 12.7. The highest BCUT2D eigenvalue weighted by atomic mass is 15.3. The summed E-state index contributed by atoms with van der Waals surface area (Å²) in [6.45, 7) is 3.97. The van der Waals surface area contributed by atoms with Crippen LogP contribution in [0.3, 0.4) is 0 Å². The second kappa shape index (κ2) is 5.27. The highest BCUT2D eigenvalue weighted by molar-refractivity contribution is 5.15. The van der Waals surface area contributed by atoms with Crippen LogP contribution in [-0.2, 0) is 19.9 Å². The molecule has 5 nitrogen and oxygen atoms in total. The van der Waals surface area contributed by atoms with Crippen LogP contribution in [0, 0.1) is 6.92 Å². The highest BCUT2D eigenvalue weighted by Crippen LogP contribution is 2.14. The molecule has 0 bridgehead atoms. The van der Waals surface area contributed by atoms with Crippen LogP contribution in [0.5, 0.6) is 0 Å². The van der Waals surface area contributed by atoms with Crippen LogP contribution in [0.25, 0.3) is 0 Å². The summed E-state index contributed by atoms with van der Waals surface area (Å²) in [5.41, 5.74) is 9.29. The minimum Gasteiger partial charge on any atom is -0.322 e. The van der Waals surface area contributed by atoms with Crippen LogP contribution in [-0.4, -0.2) is 19.7 Å². The fourth-order valence-electron chi connectivity index (χ4n) is 1.95. The number of aromatic nitrogens is 4. The molecule has 5 heteroatoms. The Labute approximate surface area is 107 Å². The Morgan fingerprint density at radius 2 is 2.22 bits per heavy atom. The van der Waals surface area contributed by atoms with Crippen LogP contribution in [0.4, 0.5) is 0 Å². The third-order valence-electron chi connectivity index (χ3n) is 3.00. The van der Waals surface area contributed by atoms with E-state index >= 15 is 0 Å². The summed E-state index contributed by atoms with van der Waals surface area (Å²) >= 11 is 0. The largest absolute Gasteiger partial charge is 0.322 e. The lowest BCUT2D eigenvalue weighted by Gasteiger charge is -2.11. The van der Waals surface area contributed by atoms with Crippen molar-refractivity contribution in [1.29, 1.82) is 0 Å². The maximum atomic E-state index is 6.18. The van der Waals surface area contributed by atoms with E-state index in [1.165, 1.54) is 0 Å². The van der Waals surface area contributed by atoms with Gasteiger partial charge in [-0.25, -0.2) is 9.97 Å². The predicted molar refractivity (Wildman–Crippen MR) is 70.0 cm³/mol. The molecule has 0 radical (unpaired) electrons. The molecule has 2 rings (SSSR count). The fourth-order valence-corrected chi connectivity index (χ4v) is 1.95. The number of rotatable bonds is 4. The van der Waals surface area contributed by atoms with E-state index in [0.717, 1.165) is 35.7 Å². The standard InChI is InChI=1S/C13H19N5/c1-4-10-7-11(18(3)17-10)8-12(14)13-5-6-15-9(2)16-13/h5-7,12H,4,8,14H2,1-3H3. The van der Waals surface area contributed by atoms with Crippen molar-refractivity contribution in [3.63, 3.8) is 0 Å².